The van der Waals surface area contributed by atoms with Crippen molar-refractivity contribution in [1.82, 2.24) is 20.9 Å². The molecule has 1 heterocycles. The van der Waals surface area contributed by atoms with Crippen LogP contribution in [0.5, 0.6) is 0 Å². The van der Waals surface area contributed by atoms with Gasteiger partial charge in [0.1, 0.15) is 17.0 Å². The van der Waals surface area contributed by atoms with Crippen molar-refractivity contribution in [2.75, 3.05) is 38.5 Å². The first kappa shape index (κ1) is 37.7. The van der Waals surface area contributed by atoms with E-state index in [0.717, 1.165) is 11.3 Å². The summed E-state index contributed by atoms with van der Waals surface area (Å²) in [5.74, 6) is -5.37. The van der Waals surface area contributed by atoms with E-state index in [9.17, 15) is 28.8 Å². The summed E-state index contributed by atoms with van der Waals surface area (Å²) in [5, 5.41) is 8.42. The molecule has 0 radical (unpaired) electrons. The minimum atomic E-state index is -1.82. The molecule has 2 rings (SSSR count). The second kappa shape index (κ2) is 18.5. The number of amides is 3. The van der Waals surface area contributed by atoms with Gasteiger partial charge in [-0.3, -0.25) is 19.2 Å². The van der Waals surface area contributed by atoms with Gasteiger partial charge in [-0.15, -0.1) is 11.3 Å². The molecular formula is C29H37IN4O10S. The molecule has 0 aliphatic carbocycles. The maximum Gasteiger partial charge on any atom is 0.418 e. The normalized spacial score (nSPS) is 14.2. The lowest BCUT2D eigenvalue weighted by atomic mass is 9.92. The Bertz CT molecular complexity index is 1340. The molecule has 0 aliphatic heterocycles. The van der Waals surface area contributed by atoms with Crippen molar-refractivity contribution in [3.8, 4) is 0 Å². The fraction of sp³-hybridized carbons (Fsp3) is 0.483. The third-order valence-electron chi connectivity index (χ3n) is 6.22. The van der Waals surface area contributed by atoms with Crippen molar-refractivity contribution in [2.45, 2.75) is 50.9 Å². The van der Waals surface area contributed by atoms with Crippen LogP contribution in [0.15, 0.2) is 36.5 Å². The highest BCUT2D eigenvalue weighted by molar-refractivity contribution is 14.1. The molecule has 246 valence electrons. The largest absolute Gasteiger partial charge is 0.458 e. The number of nitrogens with one attached hydrogen (secondary N) is 3. The van der Waals surface area contributed by atoms with E-state index in [4.69, 9.17) is 14.2 Å². The van der Waals surface area contributed by atoms with Crippen LogP contribution in [-0.4, -0.2) is 103 Å². The topological polar surface area (TPSA) is 188 Å². The van der Waals surface area contributed by atoms with E-state index in [1.165, 1.54) is 34.3 Å². The lowest BCUT2D eigenvalue weighted by Gasteiger charge is -2.31. The number of halogens is 1. The van der Waals surface area contributed by atoms with E-state index in [1.54, 1.807) is 37.3 Å². The number of carbonyl (C=O) groups excluding carboxylic acids is 6. The molecule has 2 aromatic rings. The van der Waals surface area contributed by atoms with Crippen molar-refractivity contribution in [2.24, 2.45) is 0 Å². The number of hydrogen-bond donors (Lipinski definition) is 3. The lowest BCUT2D eigenvalue weighted by Crippen LogP contribution is -2.60. The van der Waals surface area contributed by atoms with Crippen LogP contribution in [0.4, 0.5) is 0 Å². The molecular weight excluding hydrogens is 723 g/mol. The molecule has 0 aliphatic rings. The number of methoxy groups -OCH3 is 2. The van der Waals surface area contributed by atoms with Crippen LogP contribution in [0.1, 0.15) is 34.1 Å². The van der Waals surface area contributed by atoms with Gasteiger partial charge in [0.25, 0.3) is 5.91 Å². The van der Waals surface area contributed by atoms with Crippen LogP contribution in [0, 0.1) is 6.92 Å². The number of alkyl halides is 1. The maximum atomic E-state index is 13.9. The predicted molar refractivity (Wildman–Crippen MR) is 171 cm³/mol. The van der Waals surface area contributed by atoms with Gasteiger partial charge in [-0.1, -0.05) is 52.9 Å². The smallest absolute Gasteiger partial charge is 0.418 e. The summed E-state index contributed by atoms with van der Waals surface area (Å²) in [6.45, 7) is 4.03. The zero-order chi connectivity index (χ0) is 33.6. The van der Waals surface area contributed by atoms with Crippen molar-refractivity contribution in [3.05, 3.63) is 52.0 Å². The molecule has 1 aromatic heterocycles. The molecule has 0 saturated carbocycles. The molecule has 1 unspecified atom stereocenters. The van der Waals surface area contributed by atoms with Gasteiger partial charge in [-0.2, -0.15) is 0 Å². The molecule has 14 nitrogen and oxygen atoms in total. The Balaban J connectivity index is 2.29. The van der Waals surface area contributed by atoms with Crippen LogP contribution < -0.4 is 16.0 Å². The first-order chi connectivity index (χ1) is 21.4. The highest BCUT2D eigenvalue weighted by Crippen LogP contribution is 2.21. The van der Waals surface area contributed by atoms with Gasteiger partial charge in [-0.25, -0.2) is 14.6 Å². The van der Waals surface area contributed by atoms with Crippen LogP contribution in [0.25, 0.3) is 0 Å². The first-order valence-corrected chi connectivity index (χ1v) is 16.1. The summed E-state index contributed by atoms with van der Waals surface area (Å²) in [4.78, 5) is 82.0. The van der Waals surface area contributed by atoms with Gasteiger partial charge in [0.2, 0.25) is 11.8 Å². The van der Waals surface area contributed by atoms with Crippen molar-refractivity contribution >= 4 is 69.4 Å². The van der Waals surface area contributed by atoms with Gasteiger partial charge in [0.15, 0.2) is 11.4 Å². The molecule has 0 bridgehead atoms. The fourth-order valence-electron chi connectivity index (χ4n) is 3.95. The Morgan fingerprint density at radius 3 is 2.00 bits per heavy atom. The zero-order valence-electron chi connectivity index (χ0n) is 25.5. The Morgan fingerprint density at radius 2 is 1.49 bits per heavy atom. The van der Waals surface area contributed by atoms with Crippen LogP contribution in [0.3, 0.4) is 0 Å². The van der Waals surface area contributed by atoms with Crippen molar-refractivity contribution in [3.63, 3.8) is 0 Å². The van der Waals surface area contributed by atoms with Gasteiger partial charge in [0.05, 0.1) is 37.1 Å². The van der Waals surface area contributed by atoms with Crippen LogP contribution in [-0.2, 0) is 49.3 Å². The van der Waals surface area contributed by atoms with E-state index in [0.29, 0.717) is 10.6 Å². The van der Waals surface area contributed by atoms with Crippen LogP contribution in [0.2, 0.25) is 0 Å². The monoisotopic (exact) mass is 760 g/mol. The van der Waals surface area contributed by atoms with E-state index in [2.05, 4.69) is 25.7 Å². The number of aryl methyl sites for hydroxylation is 1. The quantitative estimate of drug-likeness (QED) is 0.0901. The summed E-state index contributed by atoms with van der Waals surface area (Å²) < 4.78 is 20.2. The van der Waals surface area contributed by atoms with Gasteiger partial charge in [0, 0.05) is 18.6 Å². The summed E-state index contributed by atoms with van der Waals surface area (Å²) in [5.41, 5.74) is -1.14. The molecule has 0 fully saturated rings. The molecule has 4 atom stereocenters. The number of thiazole rings is 1. The number of ketones is 1. The van der Waals surface area contributed by atoms with Gasteiger partial charge in [-0.05, 0) is 32.8 Å². The number of carbonyl (C=O) groups is 6. The van der Waals surface area contributed by atoms with Gasteiger partial charge < -0.3 is 34.9 Å². The average Bonchev–Trinajstić information content (AvgIpc) is 3.46. The van der Waals surface area contributed by atoms with E-state index in [1.807, 2.05) is 22.6 Å². The Kier molecular flexibility index (Phi) is 15.5. The molecule has 3 amide bonds. The second-order valence-electron chi connectivity index (χ2n) is 9.83. The van der Waals surface area contributed by atoms with E-state index >= 15 is 0 Å². The number of rotatable bonds is 17. The Hall–Kier alpha value is -3.48. The third-order valence-corrected chi connectivity index (χ3v) is 8.59. The molecule has 0 saturated heterocycles. The first-order valence-electron chi connectivity index (χ1n) is 13.7. The number of Topliss-reactive ketones (excluding diaryl/α,β-unsaturated/α-hetero) is 1. The number of hydrogen-bond acceptors (Lipinski definition) is 12. The minimum absolute atomic E-state index is 0.00112. The Labute approximate surface area is 278 Å². The van der Waals surface area contributed by atoms with Crippen molar-refractivity contribution in [1.29, 1.82) is 0 Å². The highest BCUT2D eigenvalue weighted by Gasteiger charge is 2.43. The standard InChI is InChI=1S/C29H37IN4O10S/c1-6-43-27(39)28(40)44-29(3,16-30)23(35)19(12-18-10-8-7-9-11-18)32-24(36)20(14-41-4)33-25(37)21(15-42-5)34-26(38)22-13-31-17(2)45-22/h7-11,13,19-21H,6,12,14-16H2,1-5H3,(H,32,36)(H,33,37)(H,34,38)/t19?,20-,21-,29+/m0/s1. The molecule has 16 heteroatoms. The molecule has 3 N–H and O–H groups in total. The maximum absolute atomic E-state index is 13.9. The zero-order valence-corrected chi connectivity index (χ0v) is 28.5. The summed E-state index contributed by atoms with van der Waals surface area (Å²) in [6, 6.07) is 5.04. The van der Waals surface area contributed by atoms with E-state index in [-0.39, 0.29) is 35.5 Å². The average molecular weight is 761 g/mol. The highest BCUT2D eigenvalue weighted by atomic mass is 127. The lowest BCUT2D eigenvalue weighted by molar-refractivity contribution is -0.177. The van der Waals surface area contributed by atoms with E-state index < -0.39 is 59.2 Å². The van der Waals surface area contributed by atoms with Gasteiger partial charge >= 0.3 is 11.9 Å². The number of benzene rings is 1. The third kappa shape index (κ3) is 11.4. The van der Waals surface area contributed by atoms with Crippen LogP contribution >= 0.6 is 33.9 Å². The molecule has 0 spiro atoms. The Morgan fingerprint density at radius 1 is 0.911 bits per heavy atom. The summed E-state index contributed by atoms with van der Waals surface area (Å²) >= 11 is 2.99. The number of esters is 2. The second-order valence-corrected chi connectivity index (χ2v) is 11.8. The molecule has 1 aromatic carbocycles. The minimum Gasteiger partial charge on any atom is -0.458 e. The number of aromatic nitrogens is 1. The SMILES string of the molecule is CCOC(=O)C(=O)O[C@](C)(CI)C(=O)C(Cc1ccccc1)NC(=O)[C@H](COC)NC(=O)[C@H](COC)NC(=O)c1cnc(C)s1. The van der Waals surface area contributed by atoms with Crippen molar-refractivity contribution < 1.29 is 47.7 Å². The molecule has 45 heavy (non-hydrogen) atoms. The summed E-state index contributed by atoms with van der Waals surface area (Å²) in [7, 11) is 2.67. The summed E-state index contributed by atoms with van der Waals surface area (Å²) in [6.07, 6.45) is 1.38. The fourth-order valence-corrected chi connectivity index (χ4v) is 5.16. The number of ether oxygens (including phenoxy) is 4. The number of nitrogens with zero attached hydrogens (tertiary/aromatic N) is 1. The predicted octanol–water partition coefficient (Wildman–Crippen LogP) is 0.924.